The van der Waals surface area contributed by atoms with Gasteiger partial charge < -0.3 is 4.90 Å². The highest BCUT2D eigenvalue weighted by molar-refractivity contribution is 6.17. The van der Waals surface area contributed by atoms with Crippen LogP contribution >= 0.6 is 11.6 Å². The van der Waals surface area contributed by atoms with Gasteiger partial charge >= 0.3 is 0 Å². The average molecular weight is 223 g/mol. The number of hydrogen-bond acceptors (Lipinski definition) is 2. The van der Waals surface area contributed by atoms with Crippen molar-refractivity contribution in [3.63, 3.8) is 0 Å². The molecular formula is C12H15ClN2. The molecule has 0 fully saturated rings. The summed E-state index contributed by atoms with van der Waals surface area (Å²) in [5, 5.41) is 8.73. The normalized spacial score (nSPS) is 11.9. The Bertz CT molecular complexity index is 357. The molecule has 1 aromatic carbocycles. The monoisotopic (exact) mass is 222 g/mol. The summed E-state index contributed by atoms with van der Waals surface area (Å²) >= 11 is 5.77. The molecule has 0 saturated heterocycles. The van der Waals surface area contributed by atoms with Gasteiger partial charge in [-0.1, -0.05) is 12.1 Å². The van der Waals surface area contributed by atoms with Gasteiger partial charge in [0, 0.05) is 25.2 Å². The van der Waals surface area contributed by atoms with Crippen LogP contribution in [0.3, 0.4) is 0 Å². The first-order valence-electron chi connectivity index (χ1n) is 4.93. The highest BCUT2D eigenvalue weighted by Crippen LogP contribution is 2.17. The number of nitriles is 1. The number of benzene rings is 1. The zero-order valence-electron chi connectivity index (χ0n) is 9.07. The molecule has 0 saturated carbocycles. The Kier molecular flexibility index (Phi) is 4.45. The van der Waals surface area contributed by atoms with Crippen molar-refractivity contribution in [2.24, 2.45) is 5.92 Å². The molecule has 15 heavy (non-hydrogen) atoms. The van der Waals surface area contributed by atoms with E-state index in [2.05, 4.69) is 17.0 Å². The van der Waals surface area contributed by atoms with Crippen LogP contribution in [-0.4, -0.2) is 13.6 Å². The minimum atomic E-state index is 0.0367. The molecule has 0 heterocycles. The summed E-state index contributed by atoms with van der Waals surface area (Å²) in [5.41, 5.74) is 2.21. The van der Waals surface area contributed by atoms with Crippen molar-refractivity contribution >= 4 is 17.3 Å². The molecule has 1 rings (SSSR count). The van der Waals surface area contributed by atoms with Crippen LogP contribution in [0, 0.1) is 17.2 Å². The SMILES string of the molecule is CC(C#N)CN(C)c1cccc(CCl)c1. The van der Waals surface area contributed by atoms with E-state index in [9.17, 15) is 0 Å². The Morgan fingerprint density at radius 1 is 1.53 bits per heavy atom. The Morgan fingerprint density at radius 2 is 2.27 bits per heavy atom. The number of halogens is 1. The molecule has 0 aromatic heterocycles. The van der Waals surface area contributed by atoms with Crippen LogP contribution in [0.25, 0.3) is 0 Å². The van der Waals surface area contributed by atoms with E-state index < -0.39 is 0 Å². The van der Waals surface area contributed by atoms with Gasteiger partial charge in [0.15, 0.2) is 0 Å². The molecule has 0 bridgehead atoms. The van der Waals surface area contributed by atoms with Gasteiger partial charge in [-0.2, -0.15) is 5.26 Å². The summed E-state index contributed by atoms with van der Waals surface area (Å²) < 4.78 is 0. The van der Waals surface area contributed by atoms with Crippen LogP contribution in [-0.2, 0) is 5.88 Å². The van der Waals surface area contributed by atoms with Crippen molar-refractivity contribution in [3.05, 3.63) is 29.8 Å². The lowest BCUT2D eigenvalue weighted by atomic mass is 10.1. The minimum absolute atomic E-state index is 0.0367. The van der Waals surface area contributed by atoms with E-state index in [1.807, 2.05) is 32.2 Å². The molecule has 0 aliphatic heterocycles. The fourth-order valence-corrected chi connectivity index (χ4v) is 1.60. The molecule has 3 heteroatoms. The number of alkyl halides is 1. The highest BCUT2D eigenvalue weighted by Gasteiger charge is 2.06. The topological polar surface area (TPSA) is 27.0 Å². The second-order valence-corrected chi connectivity index (χ2v) is 3.98. The van der Waals surface area contributed by atoms with Crippen molar-refractivity contribution < 1.29 is 0 Å². The van der Waals surface area contributed by atoms with Gasteiger partial charge in [0.2, 0.25) is 0 Å². The highest BCUT2D eigenvalue weighted by atomic mass is 35.5. The van der Waals surface area contributed by atoms with Gasteiger partial charge in [-0.15, -0.1) is 11.6 Å². The first-order valence-corrected chi connectivity index (χ1v) is 5.46. The fraction of sp³-hybridized carbons (Fsp3) is 0.417. The lowest BCUT2D eigenvalue weighted by molar-refractivity contribution is 0.716. The minimum Gasteiger partial charge on any atom is -0.373 e. The smallest absolute Gasteiger partial charge is 0.0671 e. The summed E-state index contributed by atoms with van der Waals surface area (Å²) in [4.78, 5) is 2.07. The number of nitrogens with zero attached hydrogens (tertiary/aromatic N) is 2. The van der Waals surface area contributed by atoms with E-state index in [1.165, 1.54) is 0 Å². The molecule has 1 unspecified atom stereocenters. The quantitative estimate of drug-likeness (QED) is 0.733. The van der Waals surface area contributed by atoms with Gasteiger partial charge in [-0.05, 0) is 24.6 Å². The first kappa shape index (κ1) is 11.9. The second kappa shape index (κ2) is 5.63. The van der Waals surface area contributed by atoms with Gasteiger partial charge in [0.05, 0.1) is 12.0 Å². The van der Waals surface area contributed by atoms with Gasteiger partial charge in [-0.25, -0.2) is 0 Å². The summed E-state index contributed by atoms with van der Waals surface area (Å²) in [6.07, 6.45) is 0. The van der Waals surface area contributed by atoms with Crippen LogP contribution in [0.2, 0.25) is 0 Å². The molecule has 0 aliphatic carbocycles. The summed E-state index contributed by atoms with van der Waals surface area (Å²) in [7, 11) is 1.99. The Balaban J connectivity index is 2.73. The van der Waals surface area contributed by atoms with Crippen LogP contribution in [0.1, 0.15) is 12.5 Å². The van der Waals surface area contributed by atoms with Crippen molar-refractivity contribution in [2.75, 3.05) is 18.5 Å². The predicted octanol–water partition coefficient (Wildman–Crippen LogP) is 3.02. The Hall–Kier alpha value is -1.20. The molecule has 0 spiro atoms. The van der Waals surface area contributed by atoms with E-state index in [4.69, 9.17) is 16.9 Å². The van der Waals surface area contributed by atoms with Gasteiger partial charge in [-0.3, -0.25) is 0 Å². The maximum Gasteiger partial charge on any atom is 0.0671 e. The molecule has 80 valence electrons. The van der Waals surface area contributed by atoms with Crippen LogP contribution < -0.4 is 4.90 Å². The van der Waals surface area contributed by atoms with E-state index in [0.29, 0.717) is 5.88 Å². The van der Waals surface area contributed by atoms with Crippen molar-refractivity contribution in [1.82, 2.24) is 0 Å². The van der Waals surface area contributed by atoms with Gasteiger partial charge in [0.1, 0.15) is 0 Å². The van der Waals surface area contributed by atoms with Crippen LogP contribution in [0.15, 0.2) is 24.3 Å². The standard InChI is InChI=1S/C12H15ClN2/c1-10(8-14)9-15(2)12-5-3-4-11(6-12)7-13/h3-6,10H,7,9H2,1-2H3. The van der Waals surface area contributed by atoms with E-state index in [1.54, 1.807) is 0 Å². The van der Waals surface area contributed by atoms with E-state index >= 15 is 0 Å². The third-order valence-corrected chi connectivity index (χ3v) is 2.58. The Morgan fingerprint density at radius 3 is 2.87 bits per heavy atom. The van der Waals surface area contributed by atoms with E-state index in [0.717, 1.165) is 17.8 Å². The number of hydrogen-bond donors (Lipinski definition) is 0. The predicted molar refractivity (Wildman–Crippen MR) is 64.0 cm³/mol. The Labute approximate surface area is 96.1 Å². The molecule has 0 radical (unpaired) electrons. The third kappa shape index (κ3) is 3.45. The molecule has 1 atom stereocenters. The summed E-state index contributed by atoms with van der Waals surface area (Å²) in [5.74, 6) is 0.560. The summed E-state index contributed by atoms with van der Waals surface area (Å²) in [6, 6.07) is 10.3. The van der Waals surface area contributed by atoms with Crippen LogP contribution in [0.5, 0.6) is 0 Å². The summed E-state index contributed by atoms with van der Waals surface area (Å²) in [6.45, 7) is 2.66. The molecule has 0 aliphatic rings. The van der Waals surface area contributed by atoms with Crippen molar-refractivity contribution in [2.45, 2.75) is 12.8 Å². The number of anilines is 1. The lowest BCUT2D eigenvalue weighted by Crippen LogP contribution is -2.23. The molecule has 0 N–H and O–H groups in total. The second-order valence-electron chi connectivity index (χ2n) is 3.71. The maximum atomic E-state index is 8.73. The average Bonchev–Trinajstić information content (AvgIpc) is 2.28. The van der Waals surface area contributed by atoms with E-state index in [-0.39, 0.29) is 5.92 Å². The molecular weight excluding hydrogens is 208 g/mol. The van der Waals surface area contributed by atoms with Crippen molar-refractivity contribution in [3.8, 4) is 6.07 Å². The molecule has 0 amide bonds. The molecule has 2 nitrogen and oxygen atoms in total. The third-order valence-electron chi connectivity index (χ3n) is 2.27. The number of rotatable bonds is 4. The maximum absolute atomic E-state index is 8.73. The zero-order valence-corrected chi connectivity index (χ0v) is 9.83. The largest absolute Gasteiger partial charge is 0.373 e. The molecule has 1 aromatic rings. The zero-order chi connectivity index (χ0) is 11.3. The van der Waals surface area contributed by atoms with Gasteiger partial charge in [0.25, 0.3) is 0 Å². The lowest BCUT2D eigenvalue weighted by Gasteiger charge is -2.20. The van der Waals surface area contributed by atoms with Crippen LogP contribution in [0.4, 0.5) is 5.69 Å². The fourth-order valence-electron chi connectivity index (χ4n) is 1.43. The van der Waals surface area contributed by atoms with Crippen molar-refractivity contribution in [1.29, 1.82) is 5.26 Å². The first-order chi connectivity index (χ1) is 7.17.